The molecule has 0 aromatic rings. The van der Waals surface area contributed by atoms with Crippen molar-refractivity contribution in [2.45, 2.75) is 45.3 Å². The van der Waals surface area contributed by atoms with Gasteiger partial charge in [-0.15, -0.1) is 0 Å². The van der Waals surface area contributed by atoms with Crippen LogP contribution in [0.5, 0.6) is 0 Å². The highest BCUT2D eigenvalue weighted by Gasteiger charge is 2.27. The number of hydrogen-bond donors (Lipinski definition) is 2. The summed E-state index contributed by atoms with van der Waals surface area (Å²) in [6, 6.07) is -0.152. The Labute approximate surface area is 116 Å². The molecule has 1 saturated heterocycles. The summed E-state index contributed by atoms with van der Waals surface area (Å²) < 4.78 is 10.6. The van der Waals surface area contributed by atoms with Crippen molar-refractivity contribution in [3.63, 3.8) is 0 Å². The Morgan fingerprint density at radius 1 is 1.53 bits per heavy atom. The minimum Gasteiger partial charge on any atom is -0.385 e. The lowest BCUT2D eigenvalue weighted by molar-refractivity contribution is -0.122. The molecular formula is C14H28N2O3. The summed E-state index contributed by atoms with van der Waals surface area (Å²) >= 11 is 0. The van der Waals surface area contributed by atoms with Crippen LogP contribution in [0.1, 0.15) is 33.1 Å². The van der Waals surface area contributed by atoms with Crippen molar-refractivity contribution in [3.05, 3.63) is 0 Å². The Hall–Kier alpha value is -0.650. The van der Waals surface area contributed by atoms with Gasteiger partial charge in [-0.25, -0.2) is 0 Å². The van der Waals surface area contributed by atoms with E-state index in [4.69, 9.17) is 9.47 Å². The SMILES string of the molecule is CCC1OCCC1CNC(C)C(=O)NCCCOC. The fourth-order valence-corrected chi connectivity index (χ4v) is 2.38. The second-order valence-electron chi connectivity index (χ2n) is 5.13. The largest absolute Gasteiger partial charge is 0.385 e. The van der Waals surface area contributed by atoms with Gasteiger partial charge in [0.1, 0.15) is 0 Å². The van der Waals surface area contributed by atoms with Crippen LogP contribution in [0.25, 0.3) is 0 Å². The molecular weight excluding hydrogens is 244 g/mol. The molecule has 0 aromatic carbocycles. The molecule has 5 heteroatoms. The molecule has 3 atom stereocenters. The summed E-state index contributed by atoms with van der Waals surface area (Å²) in [6.45, 7) is 7.10. The predicted octanol–water partition coefficient (Wildman–Crippen LogP) is 0.932. The average molecular weight is 272 g/mol. The molecule has 0 aliphatic carbocycles. The summed E-state index contributed by atoms with van der Waals surface area (Å²) in [5, 5.41) is 6.21. The van der Waals surface area contributed by atoms with Gasteiger partial charge in [-0.3, -0.25) is 4.79 Å². The van der Waals surface area contributed by atoms with Gasteiger partial charge in [0.15, 0.2) is 0 Å². The average Bonchev–Trinajstić information content (AvgIpc) is 2.88. The van der Waals surface area contributed by atoms with Gasteiger partial charge in [0.2, 0.25) is 5.91 Å². The fraction of sp³-hybridized carbons (Fsp3) is 0.929. The van der Waals surface area contributed by atoms with Crippen molar-refractivity contribution in [2.75, 3.05) is 33.4 Å². The van der Waals surface area contributed by atoms with Crippen LogP contribution in [0.3, 0.4) is 0 Å². The molecule has 0 saturated carbocycles. The first-order valence-electron chi connectivity index (χ1n) is 7.30. The highest BCUT2D eigenvalue weighted by Crippen LogP contribution is 2.22. The second kappa shape index (κ2) is 9.28. The van der Waals surface area contributed by atoms with E-state index in [2.05, 4.69) is 17.6 Å². The van der Waals surface area contributed by atoms with E-state index >= 15 is 0 Å². The maximum Gasteiger partial charge on any atom is 0.236 e. The van der Waals surface area contributed by atoms with E-state index in [1.165, 1.54) is 0 Å². The first-order chi connectivity index (χ1) is 9.19. The molecule has 1 aliphatic rings. The standard InChI is InChI=1S/C14H28N2O3/c1-4-13-12(6-9-19-13)10-16-11(2)14(17)15-7-5-8-18-3/h11-13,16H,4-10H2,1-3H3,(H,15,17). The van der Waals surface area contributed by atoms with Crippen LogP contribution in [-0.2, 0) is 14.3 Å². The van der Waals surface area contributed by atoms with Gasteiger partial charge in [0.05, 0.1) is 12.1 Å². The number of carbonyl (C=O) groups excluding carboxylic acids is 1. The van der Waals surface area contributed by atoms with Gasteiger partial charge in [-0.1, -0.05) is 6.92 Å². The lowest BCUT2D eigenvalue weighted by Gasteiger charge is -2.20. The zero-order chi connectivity index (χ0) is 14.1. The van der Waals surface area contributed by atoms with E-state index in [1.807, 2.05) is 6.92 Å². The summed E-state index contributed by atoms with van der Waals surface area (Å²) in [7, 11) is 1.67. The minimum atomic E-state index is -0.152. The normalized spacial score (nSPS) is 24.4. The van der Waals surface area contributed by atoms with Gasteiger partial charge >= 0.3 is 0 Å². The maximum atomic E-state index is 11.8. The molecule has 0 spiro atoms. The Morgan fingerprint density at radius 3 is 3.00 bits per heavy atom. The molecule has 0 bridgehead atoms. The Morgan fingerprint density at radius 2 is 2.32 bits per heavy atom. The van der Waals surface area contributed by atoms with Crippen LogP contribution >= 0.6 is 0 Å². The van der Waals surface area contributed by atoms with E-state index in [-0.39, 0.29) is 11.9 Å². The van der Waals surface area contributed by atoms with Gasteiger partial charge in [0.25, 0.3) is 0 Å². The molecule has 19 heavy (non-hydrogen) atoms. The van der Waals surface area contributed by atoms with Crippen LogP contribution < -0.4 is 10.6 Å². The number of nitrogens with one attached hydrogen (secondary N) is 2. The van der Waals surface area contributed by atoms with Gasteiger partial charge in [-0.2, -0.15) is 0 Å². The summed E-state index contributed by atoms with van der Waals surface area (Å²) in [6.07, 6.45) is 3.34. The molecule has 1 aliphatic heterocycles. The zero-order valence-electron chi connectivity index (χ0n) is 12.4. The zero-order valence-corrected chi connectivity index (χ0v) is 12.4. The number of hydrogen-bond acceptors (Lipinski definition) is 4. The molecule has 1 fully saturated rings. The number of carbonyl (C=O) groups is 1. The highest BCUT2D eigenvalue weighted by atomic mass is 16.5. The van der Waals surface area contributed by atoms with Crippen LogP contribution in [0, 0.1) is 5.92 Å². The first-order valence-corrected chi connectivity index (χ1v) is 7.30. The molecule has 0 radical (unpaired) electrons. The highest BCUT2D eigenvalue weighted by molar-refractivity contribution is 5.81. The summed E-state index contributed by atoms with van der Waals surface area (Å²) in [4.78, 5) is 11.8. The molecule has 1 rings (SSSR count). The van der Waals surface area contributed by atoms with Crippen molar-refractivity contribution < 1.29 is 14.3 Å². The van der Waals surface area contributed by atoms with Crippen LogP contribution in [-0.4, -0.2) is 51.5 Å². The van der Waals surface area contributed by atoms with Crippen LogP contribution in [0.15, 0.2) is 0 Å². The van der Waals surface area contributed by atoms with Crippen LogP contribution in [0.2, 0.25) is 0 Å². The molecule has 0 aromatic heterocycles. The molecule has 1 heterocycles. The minimum absolute atomic E-state index is 0.0584. The molecule has 112 valence electrons. The van der Waals surface area contributed by atoms with Crippen molar-refractivity contribution in [2.24, 2.45) is 5.92 Å². The lowest BCUT2D eigenvalue weighted by Crippen LogP contribution is -2.45. The van der Waals surface area contributed by atoms with E-state index in [9.17, 15) is 4.79 Å². The van der Waals surface area contributed by atoms with E-state index < -0.39 is 0 Å². The summed E-state index contributed by atoms with van der Waals surface area (Å²) in [5.74, 6) is 0.594. The monoisotopic (exact) mass is 272 g/mol. The van der Waals surface area contributed by atoms with Crippen molar-refractivity contribution in [1.82, 2.24) is 10.6 Å². The smallest absolute Gasteiger partial charge is 0.236 e. The predicted molar refractivity (Wildman–Crippen MR) is 75.1 cm³/mol. The Kier molecular flexibility index (Phi) is 8.02. The quantitative estimate of drug-likeness (QED) is 0.613. The number of amides is 1. The van der Waals surface area contributed by atoms with Gasteiger partial charge < -0.3 is 20.1 Å². The molecule has 2 N–H and O–H groups in total. The van der Waals surface area contributed by atoms with Gasteiger partial charge in [0, 0.05) is 33.4 Å². The van der Waals surface area contributed by atoms with E-state index in [0.717, 1.165) is 32.4 Å². The second-order valence-corrected chi connectivity index (χ2v) is 5.13. The van der Waals surface area contributed by atoms with E-state index in [1.54, 1.807) is 7.11 Å². The van der Waals surface area contributed by atoms with E-state index in [0.29, 0.717) is 25.2 Å². The lowest BCUT2D eigenvalue weighted by atomic mass is 9.99. The van der Waals surface area contributed by atoms with Crippen molar-refractivity contribution >= 4 is 5.91 Å². The number of ether oxygens (including phenoxy) is 2. The van der Waals surface area contributed by atoms with Crippen LogP contribution in [0.4, 0.5) is 0 Å². The summed E-state index contributed by atoms with van der Waals surface area (Å²) in [5.41, 5.74) is 0. The topological polar surface area (TPSA) is 59.6 Å². The third kappa shape index (κ3) is 5.89. The Balaban J connectivity index is 2.15. The molecule has 5 nitrogen and oxygen atoms in total. The molecule has 1 amide bonds. The molecule has 3 unspecified atom stereocenters. The number of rotatable bonds is 9. The first kappa shape index (κ1) is 16.4. The third-order valence-corrected chi connectivity index (χ3v) is 3.65. The van der Waals surface area contributed by atoms with Gasteiger partial charge in [-0.05, 0) is 32.1 Å². The number of methoxy groups -OCH3 is 1. The maximum absolute atomic E-state index is 11.8. The third-order valence-electron chi connectivity index (χ3n) is 3.65. The van der Waals surface area contributed by atoms with Crippen molar-refractivity contribution in [3.8, 4) is 0 Å². The Bertz CT molecular complexity index is 261. The fourth-order valence-electron chi connectivity index (χ4n) is 2.38. The van der Waals surface area contributed by atoms with Crippen molar-refractivity contribution in [1.29, 1.82) is 0 Å².